The smallest absolute Gasteiger partial charge is 0.338 e. The molecule has 6 nitrogen and oxygen atoms in total. The summed E-state index contributed by atoms with van der Waals surface area (Å²) in [4.78, 5) is 10.2. The van der Waals surface area contributed by atoms with E-state index in [9.17, 15) is 17.6 Å². The van der Waals surface area contributed by atoms with Crippen LogP contribution in [0, 0.1) is 5.82 Å². The molecule has 2 aromatic rings. The number of carbonyl (C=O) groups is 1. The van der Waals surface area contributed by atoms with Gasteiger partial charge < -0.3 is 5.11 Å². The van der Waals surface area contributed by atoms with Gasteiger partial charge in [-0.1, -0.05) is 11.6 Å². The molecule has 1 N–H and O–H groups in total. The Kier molecular flexibility index (Phi) is 4.29. The van der Waals surface area contributed by atoms with Gasteiger partial charge in [-0.3, -0.25) is 4.68 Å². The molecular formula is C12H10ClFN2O4S. The van der Waals surface area contributed by atoms with Crippen LogP contribution < -0.4 is 0 Å². The molecule has 1 heterocycles. The normalized spacial score (nSPS) is 11.5. The Balaban J connectivity index is 2.37. The van der Waals surface area contributed by atoms with Crippen LogP contribution in [0.1, 0.15) is 10.4 Å². The fourth-order valence-corrected chi connectivity index (χ4v) is 3.32. The van der Waals surface area contributed by atoms with E-state index in [4.69, 9.17) is 16.7 Å². The Morgan fingerprint density at radius 3 is 2.71 bits per heavy atom. The lowest BCUT2D eigenvalue weighted by atomic mass is 10.2. The van der Waals surface area contributed by atoms with Crippen molar-refractivity contribution in [3.8, 4) is 0 Å². The number of carboxylic acid groups (broad SMARTS) is 1. The van der Waals surface area contributed by atoms with Crippen LogP contribution in [0.2, 0.25) is 5.02 Å². The van der Waals surface area contributed by atoms with Crippen molar-refractivity contribution >= 4 is 27.4 Å². The van der Waals surface area contributed by atoms with Crippen molar-refractivity contribution in [2.75, 3.05) is 5.75 Å². The molecule has 9 heteroatoms. The number of benzene rings is 1. The van der Waals surface area contributed by atoms with Gasteiger partial charge in [0, 0.05) is 17.4 Å². The van der Waals surface area contributed by atoms with E-state index < -0.39 is 37.8 Å². The molecule has 0 spiro atoms. The summed E-state index contributed by atoms with van der Waals surface area (Å²) in [6.45, 7) is 0.0176. The highest BCUT2D eigenvalue weighted by Gasteiger charge is 2.25. The summed E-state index contributed by atoms with van der Waals surface area (Å²) in [5.74, 6) is -3.32. The van der Waals surface area contributed by atoms with E-state index in [0.29, 0.717) is 0 Å². The maximum absolute atomic E-state index is 14.0. The van der Waals surface area contributed by atoms with E-state index in [-0.39, 0.29) is 11.6 Å². The molecule has 1 aromatic carbocycles. The van der Waals surface area contributed by atoms with Crippen molar-refractivity contribution in [1.29, 1.82) is 0 Å². The minimum absolute atomic E-state index is 0.0176. The molecular weight excluding hydrogens is 323 g/mol. The third-order valence-corrected chi connectivity index (χ3v) is 4.62. The van der Waals surface area contributed by atoms with Gasteiger partial charge in [0.25, 0.3) is 0 Å². The number of carboxylic acids is 1. The Hall–Kier alpha value is -1.93. The number of hydrogen-bond donors (Lipinski definition) is 1. The highest BCUT2D eigenvalue weighted by atomic mass is 35.5. The van der Waals surface area contributed by atoms with Crippen LogP contribution >= 0.6 is 11.6 Å². The van der Waals surface area contributed by atoms with Crippen LogP contribution in [0.3, 0.4) is 0 Å². The molecule has 0 atom stereocenters. The van der Waals surface area contributed by atoms with Gasteiger partial charge in [-0.25, -0.2) is 17.6 Å². The number of hydrogen-bond acceptors (Lipinski definition) is 4. The summed E-state index contributed by atoms with van der Waals surface area (Å²) in [6.07, 6.45) is 3.04. The lowest BCUT2D eigenvalue weighted by Gasteiger charge is -2.08. The van der Waals surface area contributed by atoms with Crippen molar-refractivity contribution in [2.45, 2.75) is 11.4 Å². The van der Waals surface area contributed by atoms with Crippen molar-refractivity contribution in [3.63, 3.8) is 0 Å². The van der Waals surface area contributed by atoms with Crippen molar-refractivity contribution in [3.05, 3.63) is 47.0 Å². The number of sulfone groups is 1. The zero-order chi connectivity index (χ0) is 15.6. The SMILES string of the molecule is O=C(O)c1cc(Cl)cc(S(=O)(=O)CCn2cccn2)c1F. The number of rotatable bonds is 5. The van der Waals surface area contributed by atoms with Gasteiger partial charge in [0.2, 0.25) is 0 Å². The number of aryl methyl sites for hydroxylation is 1. The highest BCUT2D eigenvalue weighted by molar-refractivity contribution is 7.91. The molecule has 112 valence electrons. The van der Waals surface area contributed by atoms with Gasteiger partial charge in [0.15, 0.2) is 15.7 Å². The van der Waals surface area contributed by atoms with Crippen LogP contribution in [0.4, 0.5) is 4.39 Å². The Labute approximate surface area is 124 Å². The zero-order valence-corrected chi connectivity index (χ0v) is 12.1. The van der Waals surface area contributed by atoms with Gasteiger partial charge in [-0.05, 0) is 18.2 Å². The first-order chi connectivity index (χ1) is 9.81. The van der Waals surface area contributed by atoms with Crippen LogP contribution in [0.25, 0.3) is 0 Å². The minimum Gasteiger partial charge on any atom is -0.478 e. The van der Waals surface area contributed by atoms with Crippen molar-refractivity contribution in [1.82, 2.24) is 9.78 Å². The number of nitrogens with zero attached hydrogens (tertiary/aromatic N) is 2. The van der Waals surface area contributed by atoms with E-state index in [2.05, 4.69) is 5.10 Å². The van der Waals surface area contributed by atoms with Crippen molar-refractivity contribution < 1.29 is 22.7 Å². The van der Waals surface area contributed by atoms with Gasteiger partial charge >= 0.3 is 5.97 Å². The molecule has 0 saturated carbocycles. The average Bonchev–Trinajstić information content (AvgIpc) is 2.91. The fourth-order valence-electron chi connectivity index (χ4n) is 1.70. The predicted octanol–water partition coefficient (Wildman–Crippen LogP) is 1.85. The maximum atomic E-state index is 14.0. The number of aromatic carboxylic acids is 1. The molecule has 0 saturated heterocycles. The molecule has 2 rings (SSSR count). The third kappa shape index (κ3) is 3.40. The van der Waals surface area contributed by atoms with Gasteiger partial charge in [0.05, 0.1) is 17.9 Å². The van der Waals surface area contributed by atoms with E-state index in [1.54, 1.807) is 12.3 Å². The molecule has 0 aliphatic rings. The number of aromatic nitrogens is 2. The Morgan fingerprint density at radius 1 is 1.43 bits per heavy atom. The zero-order valence-electron chi connectivity index (χ0n) is 10.5. The second-order valence-electron chi connectivity index (χ2n) is 4.16. The molecule has 21 heavy (non-hydrogen) atoms. The molecule has 0 fully saturated rings. The summed E-state index contributed by atoms with van der Waals surface area (Å²) in [6, 6.07) is 3.39. The summed E-state index contributed by atoms with van der Waals surface area (Å²) in [5.41, 5.74) is -0.778. The average molecular weight is 333 g/mol. The molecule has 0 bridgehead atoms. The van der Waals surface area contributed by atoms with Crippen LogP contribution in [0.15, 0.2) is 35.5 Å². The van der Waals surface area contributed by atoms with E-state index >= 15 is 0 Å². The van der Waals surface area contributed by atoms with E-state index in [0.717, 1.165) is 12.1 Å². The van der Waals surface area contributed by atoms with Crippen LogP contribution in [-0.4, -0.2) is 35.0 Å². The molecule has 1 aromatic heterocycles. The fraction of sp³-hybridized carbons (Fsp3) is 0.167. The second-order valence-corrected chi connectivity index (χ2v) is 6.67. The first kappa shape index (κ1) is 15.5. The Bertz CT molecular complexity index is 775. The van der Waals surface area contributed by atoms with Crippen molar-refractivity contribution in [2.24, 2.45) is 0 Å². The molecule has 0 aliphatic heterocycles. The molecule has 0 unspecified atom stereocenters. The standard InChI is InChI=1S/C12H10ClFN2O4S/c13-8-6-9(12(17)18)11(14)10(7-8)21(19,20)5-4-16-3-1-2-15-16/h1-3,6-7H,4-5H2,(H,17,18). The second kappa shape index (κ2) is 5.82. The summed E-state index contributed by atoms with van der Waals surface area (Å²) in [7, 11) is -4.03. The van der Waals surface area contributed by atoms with Gasteiger partial charge in [-0.2, -0.15) is 5.10 Å². The van der Waals surface area contributed by atoms with Gasteiger partial charge in [-0.15, -0.1) is 0 Å². The summed E-state index contributed by atoms with van der Waals surface area (Å²) >= 11 is 5.66. The number of halogens is 2. The molecule has 0 amide bonds. The monoisotopic (exact) mass is 332 g/mol. The Morgan fingerprint density at radius 2 is 2.14 bits per heavy atom. The lowest BCUT2D eigenvalue weighted by Crippen LogP contribution is -2.16. The highest BCUT2D eigenvalue weighted by Crippen LogP contribution is 2.25. The molecule has 0 radical (unpaired) electrons. The summed E-state index contributed by atoms with van der Waals surface area (Å²) < 4.78 is 39.7. The third-order valence-electron chi connectivity index (χ3n) is 2.72. The largest absolute Gasteiger partial charge is 0.478 e. The van der Waals surface area contributed by atoms with Gasteiger partial charge in [0.1, 0.15) is 4.90 Å². The molecule has 0 aliphatic carbocycles. The lowest BCUT2D eigenvalue weighted by molar-refractivity contribution is 0.0691. The quantitative estimate of drug-likeness (QED) is 0.902. The predicted molar refractivity (Wildman–Crippen MR) is 72.6 cm³/mol. The van der Waals surface area contributed by atoms with E-state index in [1.807, 2.05) is 0 Å². The summed E-state index contributed by atoms with van der Waals surface area (Å²) in [5, 5.41) is 12.5. The minimum atomic E-state index is -4.03. The maximum Gasteiger partial charge on any atom is 0.338 e. The first-order valence-corrected chi connectivity index (χ1v) is 7.77. The van der Waals surface area contributed by atoms with Crippen LogP contribution in [-0.2, 0) is 16.4 Å². The first-order valence-electron chi connectivity index (χ1n) is 5.74. The van der Waals surface area contributed by atoms with E-state index in [1.165, 1.54) is 10.9 Å². The topological polar surface area (TPSA) is 89.3 Å². The van der Waals surface area contributed by atoms with Crippen LogP contribution in [0.5, 0.6) is 0 Å².